The summed E-state index contributed by atoms with van der Waals surface area (Å²) in [5, 5.41) is 5.14. The number of hydrogen-bond acceptors (Lipinski definition) is 3. The summed E-state index contributed by atoms with van der Waals surface area (Å²) in [5.74, 6) is 0.0772. The molecular weight excluding hydrogens is 324 g/mol. The highest BCUT2D eigenvalue weighted by Crippen LogP contribution is 2.20. The number of halogens is 1. The first-order valence-electron chi connectivity index (χ1n) is 5.91. The summed E-state index contributed by atoms with van der Waals surface area (Å²) < 4.78 is 1.07. The molecule has 1 amide bonds. The van der Waals surface area contributed by atoms with Gasteiger partial charge in [-0.2, -0.15) is 0 Å². The second kappa shape index (κ2) is 6.73. The molecule has 0 aliphatic rings. The zero-order valence-electron chi connectivity index (χ0n) is 10.6. The van der Waals surface area contributed by atoms with Gasteiger partial charge in [0.25, 0.3) is 0 Å². The lowest BCUT2D eigenvalue weighted by atomic mass is 10.3. The van der Waals surface area contributed by atoms with Gasteiger partial charge < -0.3 is 10.2 Å². The first-order valence-corrected chi connectivity index (χ1v) is 7.58. The molecule has 1 N–H and O–H groups in total. The normalized spacial score (nSPS) is 10.2. The van der Waals surface area contributed by atoms with E-state index in [1.165, 1.54) is 4.88 Å². The number of para-hydroxylation sites is 1. The van der Waals surface area contributed by atoms with E-state index in [1.807, 2.05) is 48.8 Å². The zero-order chi connectivity index (χ0) is 13.7. The first kappa shape index (κ1) is 14.1. The van der Waals surface area contributed by atoms with Gasteiger partial charge in [0, 0.05) is 27.5 Å². The van der Waals surface area contributed by atoms with Crippen molar-refractivity contribution >= 4 is 38.9 Å². The van der Waals surface area contributed by atoms with Crippen molar-refractivity contribution in [3.05, 3.63) is 51.1 Å². The van der Waals surface area contributed by atoms with Gasteiger partial charge >= 0.3 is 0 Å². The highest BCUT2D eigenvalue weighted by atomic mass is 79.9. The summed E-state index contributed by atoms with van der Waals surface area (Å²) in [6.07, 6.45) is 0. The number of amides is 1. The van der Waals surface area contributed by atoms with Crippen LogP contribution in [0.25, 0.3) is 0 Å². The van der Waals surface area contributed by atoms with Gasteiger partial charge in [0.05, 0.1) is 13.1 Å². The third kappa shape index (κ3) is 4.36. The molecule has 19 heavy (non-hydrogen) atoms. The van der Waals surface area contributed by atoms with Crippen molar-refractivity contribution < 1.29 is 4.79 Å². The maximum Gasteiger partial charge on any atom is 0.241 e. The Hall–Kier alpha value is -1.33. The molecule has 0 radical (unpaired) electrons. The highest BCUT2D eigenvalue weighted by molar-refractivity contribution is 9.10. The monoisotopic (exact) mass is 338 g/mol. The second-order valence-corrected chi connectivity index (χ2v) is 6.11. The molecular formula is C14H15BrN2OS. The fraction of sp³-hybridized carbons (Fsp3) is 0.214. The van der Waals surface area contributed by atoms with Gasteiger partial charge in [-0.05, 0) is 34.1 Å². The first-order chi connectivity index (χ1) is 9.15. The summed E-state index contributed by atoms with van der Waals surface area (Å²) in [6, 6.07) is 11.8. The molecule has 0 saturated heterocycles. The molecule has 5 heteroatoms. The molecule has 1 aromatic heterocycles. The third-order valence-electron chi connectivity index (χ3n) is 2.66. The smallest absolute Gasteiger partial charge is 0.241 e. The Labute approximate surface area is 125 Å². The number of benzene rings is 1. The largest absolute Gasteiger partial charge is 0.376 e. The molecule has 0 atom stereocenters. The van der Waals surface area contributed by atoms with Crippen molar-refractivity contribution in [3.8, 4) is 0 Å². The molecule has 0 spiro atoms. The van der Waals surface area contributed by atoms with Crippen LogP contribution in [0.15, 0.2) is 46.3 Å². The summed E-state index contributed by atoms with van der Waals surface area (Å²) in [4.78, 5) is 14.9. The summed E-state index contributed by atoms with van der Waals surface area (Å²) in [6.45, 7) is 0.957. The van der Waals surface area contributed by atoms with Crippen LogP contribution >= 0.6 is 27.3 Å². The van der Waals surface area contributed by atoms with Crippen LogP contribution in [-0.2, 0) is 11.3 Å². The third-order valence-corrected chi connectivity index (χ3v) is 4.34. The molecule has 0 bridgehead atoms. The van der Waals surface area contributed by atoms with E-state index in [0.29, 0.717) is 13.1 Å². The minimum atomic E-state index is 0.0772. The summed E-state index contributed by atoms with van der Waals surface area (Å²) >= 11 is 5.06. The predicted molar refractivity (Wildman–Crippen MR) is 83.4 cm³/mol. The maximum atomic E-state index is 12.0. The lowest BCUT2D eigenvalue weighted by molar-refractivity contribution is -0.128. The second-order valence-electron chi connectivity index (χ2n) is 4.20. The Morgan fingerprint density at radius 1 is 1.37 bits per heavy atom. The van der Waals surface area contributed by atoms with Crippen LogP contribution in [0, 0.1) is 0 Å². The number of hydrogen-bond donors (Lipinski definition) is 1. The van der Waals surface area contributed by atoms with Gasteiger partial charge in [-0.15, -0.1) is 11.3 Å². The van der Waals surface area contributed by atoms with Crippen molar-refractivity contribution in [2.24, 2.45) is 0 Å². The quantitative estimate of drug-likeness (QED) is 0.903. The van der Waals surface area contributed by atoms with Crippen LogP contribution in [0.3, 0.4) is 0 Å². The van der Waals surface area contributed by atoms with E-state index in [2.05, 4.69) is 21.2 Å². The topological polar surface area (TPSA) is 32.3 Å². The molecule has 0 aliphatic heterocycles. The predicted octanol–water partition coefficient (Wildman–Crippen LogP) is 3.58. The summed E-state index contributed by atoms with van der Waals surface area (Å²) in [5.41, 5.74) is 0.961. The van der Waals surface area contributed by atoms with E-state index < -0.39 is 0 Å². The number of nitrogens with one attached hydrogen (secondary N) is 1. The van der Waals surface area contributed by atoms with Crippen LogP contribution in [-0.4, -0.2) is 24.4 Å². The minimum absolute atomic E-state index is 0.0772. The van der Waals surface area contributed by atoms with Gasteiger partial charge in [-0.3, -0.25) is 4.79 Å². The van der Waals surface area contributed by atoms with Crippen molar-refractivity contribution in [3.63, 3.8) is 0 Å². The van der Waals surface area contributed by atoms with Crippen LogP contribution < -0.4 is 5.32 Å². The molecule has 0 saturated carbocycles. The van der Waals surface area contributed by atoms with Crippen molar-refractivity contribution in [1.29, 1.82) is 0 Å². The number of nitrogens with zero attached hydrogens (tertiary/aromatic N) is 1. The Morgan fingerprint density at radius 2 is 2.11 bits per heavy atom. The van der Waals surface area contributed by atoms with Crippen LogP contribution in [0.2, 0.25) is 0 Å². The molecule has 2 aromatic rings. The molecule has 0 aliphatic carbocycles. The average molecular weight is 339 g/mol. The number of thiophene rings is 1. The van der Waals surface area contributed by atoms with E-state index in [9.17, 15) is 4.79 Å². The van der Waals surface area contributed by atoms with Crippen LogP contribution in [0.5, 0.6) is 0 Å². The Bertz CT molecular complexity index is 541. The van der Waals surface area contributed by atoms with Crippen molar-refractivity contribution in [2.45, 2.75) is 6.54 Å². The van der Waals surface area contributed by atoms with Crippen molar-refractivity contribution in [1.82, 2.24) is 4.90 Å². The molecule has 0 unspecified atom stereocenters. The fourth-order valence-corrected chi connectivity index (χ4v) is 3.13. The number of carbonyl (C=O) groups excluding carboxylic acids is 1. The lowest BCUT2D eigenvalue weighted by Crippen LogP contribution is -2.31. The number of anilines is 1. The van der Waals surface area contributed by atoms with Gasteiger partial charge in [0.15, 0.2) is 0 Å². The molecule has 1 aromatic carbocycles. The number of likely N-dealkylation sites (N-methyl/N-ethyl adjacent to an activating group) is 1. The maximum absolute atomic E-state index is 12.0. The van der Waals surface area contributed by atoms with E-state index in [-0.39, 0.29) is 5.91 Å². The number of rotatable bonds is 5. The summed E-state index contributed by atoms with van der Waals surface area (Å²) in [7, 11) is 1.82. The molecule has 0 fully saturated rings. The van der Waals surface area contributed by atoms with E-state index in [4.69, 9.17) is 0 Å². The van der Waals surface area contributed by atoms with E-state index >= 15 is 0 Å². The van der Waals surface area contributed by atoms with E-state index in [1.54, 1.807) is 16.2 Å². The molecule has 3 nitrogen and oxygen atoms in total. The Kier molecular flexibility index (Phi) is 4.99. The van der Waals surface area contributed by atoms with Gasteiger partial charge in [-0.1, -0.05) is 18.2 Å². The standard InChI is InChI=1S/C14H15BrN2OS/c1-17(9-13-7-11(15)10-19-13)14(18)8-16-12-5-3-2-4-6-12/h2-7,10,16H,8-9H2,1H3. The SMILES string of the molecule is CN(Cc1cc(Br)cs1)C(=O)CNc1ccccc1. The number of carbonyl (C=O) groups is 1. The Morgan fingerprint density at radius 3 is 2.74 bits per heavy atom. The van der Waals surface area contributed by atoms with Crippen molar-refractivity contribution in [2.75, 3.05) is 18.9 Å². The Balaban J connectivity index is 1.82. The highest BCUT2D eigenvalue weighted by Gasteiger charge is 2.10. The molecule has 2 rings (SSSR count). The van der Waals surface area contributed by atoms with E-state index in [0.717, 1.165) is 10.2 Å². The fourth-order valence-electron chi connectivity index (χ4n) is 1.63. The average Bonchev–Trinajstić information content (AvgIpc) is 2.82. The van der Waals surface area contributed by atoms with Crippen LogP contribution in [0.4, 0.5) is 5.69 Å². The minimum Gasteiger partial charge on any atom is -0.376 e. The lowest BCUT2D eigenvalue weighted by Gasteiger charge is -2.17. The molecule has 1 heterocycles. The molecule has 100 valence electrons. The van der Waals surface area contributed by atoms with Crippen LogP contribution in [0.1, 0.15) is 4.88 Å². The van der Waals surface area contributed by atoms with Gasteiger partial charge in [0.1, 0.15) is 0 Å². The zero-order valence-corrected chi connectivity index (χ0v) is 13.0. The van der Waals surface area contributed by atoms with Gasteiger partial charge in [-0.25, -0.2) is 0 Å². The van der Waals surface area contributed by atoms with Gasteiger partial charge in [0.2, 0.25) is 5.91 Å².